The fourth-order valence-corrected chi connectivity index (χ4v) is 3.80. The van der Waals surface area contributed by atoms with Crippen molar-refractivity contribution in [1.82, 2.24) is 9.55 Å². The first-order valence-corrected chi connectivity index (χ1v) is 9.10. The molecule has 0 saturated carbocycles. The van der Waals surface area contributed by atoms with Crippen molar-refractivity contribution < 1.29 is 0 Å². The average Bonchev–Trinajstić information content (AvgIpc) is 2.90. The molecule has 0 unspecified atom stereocenters. The Hall–Kier alpha value is -2.32. The van der Waals surface area contributed by atoms with Crippen LogP contribution in [-0.4, -0.2) is 9.55 Å². The van der Waals surface area contributed by atoms with Gasteiger partial charge in [-0.15, -0.1) is 0 Å². The van der Waals surface area contributed by atoms with E-state index in [1.54, 1.807) is 0 Å². The van der Waals surface area contributed by atoms with E-state index in [4.69, 9.17) is 16.6 Å². The number of hydrogen-bond donors (Lipinski definition) is 0. The molecule has 0 fully saturated rings. The summed E-state index contributed by atoms with van der Waals surface area (Å²) in [7, 11) is 0. The Labute approximate surface area is 153 Å². The number of nitrogens with zero attached hydrogens (tertiary/aromatic N) is 2. The number of rotatable bonds is 4. The van der Waals surface area contributed by atoms with Gasteiger partial charge in [-0.3, -0.25) is 4.98 Å². The number of benzene rings is 2. The quantitative estimate of drug-likeness (QED) is 0.436. The molecular formula is C22H21ClN2. The fourth-order valence-electron chi connectivity index (χ4n) is 3.59. The van der Waals surface area contributed by atoms with E-state index in [1.807, 2.05) is 24.4 Å². The molecule has 0 radical (unpaired) electrons. The van der Waals surface area contributed by atoms with Crippen molar-refractivity contribution in [3.63, 3.8) is 0 Å². The maximum atomic E-state index is 6.20. The number of halogens is 1. The minimum atomic E-state index is 0.565. The van der Waals surface area contributed by atoms with Gasteiger partial charge in [0.05, 0.1) is 11.2 Å². The van der Waals surface area contributed by atoms with Crippen molar-refractivity contribution >= 4 is 33.4 Å². The van der Waals surface area contributed by atoms with Crippen molar-refractivity contribution in [2.45, 2.75) is 26.8 Å². The second kappa shape index (κ2) is 6.53. The Morgan fingerprint density at radius 2 is 1.84 bits per heavy atom. The molecule has 25 heavy (non-hydrogen) atoms. The molecule has 0 N–H and O–H groups in total. The van der Waals surface area contributed by atoms with Gasteiger partial charge in [-0.05, 0) is 42.2 Å². The first kappa shape index (κ1) is 16.2. The van der Waals surface area contributed by atoms with E-state index >= 15 is 0 Å². The lowest BCUT2D eigenvalue weighted by Gasteiger charge is -2.12. The summed E-state index contributed by atoms with van der Waals surface area (Å²) in [6.07, 6.45) is 2.92. The highest BCUT2D eigenvalue weighted by Crippen LogP contribution is 2.32. The molecule has 0 saturated heterocycles. The molecule has 0 bridgehead atoms. The van der Waals surface area contributed by atoms with Crippen LogP contribution in [0.2, 0.25) is 5.02 Å². The molecule has 2 aromatic heterocycles. The normalized spacial score (nSPS) is 11.7. The maximum Gasteiger partial charge on any atom is 0.0713 e. The van der Waals surface area contributed by atoms with Crippen LogP contribution in [0.3, 0.4) is 0 Å². The molecule has 0 aliphatic rings. The molecule has 126 valence electrons. The topological polar surface area (TPSA) is 17.8 Å². The van der Waals surface area contributed by atoms with Gasteiger partial charge in [0.1, 0.15) is 0 Å². The monoisotopic (exact) mass is 348 g/mol. The van der Waals surface area contributed by atoms with E-state index in [0.29, 0.717) is 5.92 Å². The molecule has 0 amide bonds. The van der Waals surface area contributed by atoms with Gasteiger partial charge < -0.3 is 4.57 Å². The van der Waals surface area contributed by atoms with Crippen molar-refractivity contribution in [2.24, 2.45) is 5.92 Å². The molecule has 4 aromatic rings. The van der Waals surface area contributed by atoms with E-state index in [0.717, 1.165) is 18.0 Å². The van der Waals surface area contributed by atoms with Crippen LogP contribution in [0, 0.1) is 5.92 Å². The molecular weight excluding hydrogens is 328 g/mol. The third-order valence-electron chi connectivity index (χ3n) is 4.59. The lowest BCUT2D eigenvalue weighted by Crippen LogP contribution is -2.05. The Balaban J connectivity index is 1.99. The first-order valence-electron chi connectivity index (χ1n) is 8.73. The smallest absolute Gasteiger partial charge is 0.0713 e. The number of hydrogen-bond acceptors (Lipinski definition) is 1. The van der Waals surface area contributed by atoms with Gasteiger partial charge in [-0.1, -0.05) is 55.8 Å². The number of aromatic nitrogens is 2. The van der Waals surface area contributed by atoms with Gasteiger partial charge in [0, 0.05) is 34.1 Å². The van der Waals surface area contributed by atoms with Crippen LogP contribution < -0.4 is 0 Å². The van der Waals surface area contributed by atoms with Crippen LogP contribution in [0.15, 0.2) is 60.8 Å². The summed E-state index contributed by atoms with van der Waals surface area (Å²) in [5, 5.41) is 3.34. The average molecular weight is 349 g/mol. The summed E-state index contributed by atoms with van der Waals surface area (Å²) in [5.41, 5.74) is 4.87. The van der Waals surface area contributed by atoms with Gasteiger partial charge in [0.2, 0.25) is 0 Å². The van der Waals surface area contributed by atoms with Gasteiger partial charge in [-0.2, -0.15) is 0 Å². The Morgan fingerprint density at radius 1 is 1.00 bits per heavy atom. The summed E-state index contributed by atoms with van der Waals surface area (Å²) < 4.78 is 2.39. The molecule has 3 heteroatoms. The highest BCUT2D eigenvalue weighted by molar-refractivity contribution is 6.30. The second-order valence-corrected chi connectivity index (χ2v) is 7.42. The standard InChI is InChI=1S/C22H21ClN2/c1-15(2)12-20-22-19(10-11-24-20)18-8-3-4-9-21(18)25(22)14-16-6-5-7-17(23)13-16/h3-11,13,15H,12,14H2,1-2H3. The molecule has 2 nitrogen and oxygen atoms in total. The van der Waals surface area contributed by atoms with E-state index in [2.05, 4.69) is 54.8 Å². The van der Waals surface area contributed by atoms with Crippen molar-refractivity contribution in [3.05, 3.63) is 77.1 Å². The van der Waals surface area contributed by atoms with Gasteiger partial charge >= 0.3 is 0 Å². The van der Waals surface area contributed by atoms with Crippen LogP contribution in [-0.2, 0) is 13.0 Å². The first-order chi connectivity index (χ1) is 12.1. The summed E-state index contributed by atoms with van der Waals surface area (Å²) in [4.78, 5) is 4.72. The predicted molar refractivity (Wildman–Crippen MR) is 106 cm³/mol. The second-order valence-electron chi connectivity index (χ2n) is 6.98. The SMILES string of the molecule is CC(C)Cc1nccc2c3ccccc3n(Cc3cccc(Cl)c3)c12. The van der Waals surface area contributed by atoms with Crippen LogP contribution in [0.1, 0.15) is 25.1 Å². The molecule has 0 atom stereocenters. The minimum absolute atomic E-state index is 0.565. The molecule has 0 aliphatic heterocycles. The fraction of sp³-hybridized carbons (Fsp3) is 0.227. The molecule has 0 aliphatic carbocycles. The maximum absolute atomic E-state index is 6.20. The minimum Gasteiger partial charge on any atom is -0.334 e. The van der Waals surface area contributed by atoms with Crippen LogP contribution in [0.4, 0.5) is 0 Å². The number of para-hydroxylation sites is 1. The zero-order valence-electron chi connectivity index (χ0n) is 14.5. The summed E-state index contributed by atoms with van der Waals surface area (Å²) in [5.74, 6) is 0.565. The zero-order valence-corrected chi connectivity index (χ0v) is 15.3. The third-order valence-corrected chi connectivity index (χ3v) is 4.82. The zero-order chi connectivity index (χ0) is 17.4. The summed E-state index contributed by atoms with van der Waals surface area (Å²) in [6, 6.07) is 18.8. The van der Waals surface area contributed by atoms with Gasteiger partial charge in [-0.25, -0.2) is 0 Å². The van der Waals surface area contributed by atoms with Gasteiger partial charge in [0.15, 0.2) is 0 Å². The Kier molecular flexibility index (Phi) is 4.22. The molecule has 2 heterocycles. The van der Waals surface area contributed by atoms with Crippen LogP contribution in [0.5, 0.6) is 0 Å². The van der Waals surface area contributed by atoms with Crippen molar-refractivity contribution in [1.29, 1.82) is 0 Å². The van der Waals surface area contributed by atoms with Gasteiger partial charge in [0.25, 0.3) is 0 Å². The van der Waals surface area contributed by atoms with E-state index in [9.17, 15) is 0 Å². The van der Waals surface area contributed by atoms with Crippen LogP contribution >= 0.6 is 11.6 Å². The third kappa shape index (κ3) is 3.03. The predicted octanol–water partition coefficient (Wildman–Crippen LogP) is 6.09. The lowest BCUT2D eigenvalue weighted by molar-refractivity contribution is 0.636. The lowest BCUT2D eigenvalue weighted by atomic mass is 10.1. The molecule has 0 spiro atoms. The summed E-state index contributed by atoms with van der Waals surface area (Å²) >= 11 is 6.20. The Morgan fingerprint density at radius 3 is 2.64 bits per heavy atom. The van der Waals surface area contributed by atoms with Crippen molar-refractivity contribution in [3.8, 4) is 0 Å². The van der Waals surface area contributed by atoms with E-state index in [1.165, 1.54) is 33.1 Å². The number of pyridine rings is 1. The van der Waals surface area contributed by atoms with Crippen LogP contribution in [0.25, 0.3) is 21.8 Å². The molecule has 2 aromatic carbocycles. The highest BCUT2D eigenvalue weighted by Gasteiger charge is 2.15. The van der Waals surface area contributed by atoms with E-state index < -0.39 is 0 Å². The number of fused-ring (bicyclic) bond motifs is 3. The largest absolute Gasteiger partial charge is 0.334 e. The van der Waals surface area contributed by atoms with Crippen molar-refractivity contribution in [2.75, 3.05) is 0 Å². The highest BCUT2D eigenvalue weighted by atomic mass is 35.5. The Bertz CT molecular complexity index is 1050. The molecule has 4 rings (SSSR count). The van der Waals surface area contributed by atoms with E-state index in [-0.39, 0.29) is 0 Å². The summed E-state index contributed by atoms with van der Waals surface area (Å²) in [6.45, 7) is 5.27.